The average Bonchev–Trinajstić information content (AvgIpc) is 2.83. The number of furan rings is 1. The Bertz CT molecular complexity index is 485. The normalized spacial score (nSPS) is 12.1. The van der Waals surface area contributed by atoms with Crippen LogP contribution in [0.1, 0.15) is 34.6 Å². The van der Waals surface area contributed by atoms with E-state index in [2.05, 4.69) is 5.32 Å². The van der Waals surface area contributed by atoms with Gasteiger partial charge < -0.3 is 9.73 Å². The molecule has 0 saturated heterocycles. The minimum atomic E-state index is -0.192. The average molecular weight is 229 g/mol. The van der Waals surface area contributed by atoms with E-state index in [9.17, 15) is 4.79 Å². The summed E-state index contributed by atoms with van der Waals surface area (Å²) in [4.78, 5) is 11.8. The second-order valence-electron chi connectivity index (χ2n) is 4.08. The zero-order chi connectivity index (χ0) is 12.3. The molecule has 0 radical (unpaired) electrons. The predicted molar refractivity (Wildman–Crippen MR) is 65.8 cm³/mol. The molecule has 1 N–H and O–H groups in total. The van der Waals surface area contributed by atoms with Crippen molar-refractivity contribution in [2.24, 2.45) is 0 Å². The fourth-order valence-electron chi connectivity index (χ4n) is 1.61. The molecule has 0 unspecified atom stereocenters. The highest BCUT2D eigenvalue weighted by Crippen LogP contribution is 2.14. The fraction of sp³-hybridized carbons (Fsp3) is 0.214. The molecule has 1 amide bonds. The summed E-state index contributed by atoms with van der Waals surface area (Å²) in [7, 11) is 0. The third-order valence-corrected chi connectivity index (χ3v) is 2.67. The van der Waals surface area contributed by atoms with Gasteiger partial charge in [0, 0.05) is 0 Å². The number of benzene rings is 1. The van der Waals surface area contributed by atoms with Gasteiger partial charge in [-0.05, 0) is 31.5 Å². The van der Waals surface area contributed by atoms with E-state index < -0.39 is 0 Å². The Morgan fingerprint density at radius 3 is 2.53 bits per heavy atom. The number of aryl methyl sites for hydroxylation is 1. The van der Waals surface area contributed by atoms with Gasteiger partial charge in [-0.1, -0.05) is 29.8 Å². The number of carbonyl (C=O) groups excluding carboxylic acids is 1. The number of nitrogens with one attached hydrogen (secondary N) is 1. The van der Waals surface area contributed by atoms with Crippen molar-refractivity contribution in [3.63, 3.8) is 0 Å². The molecule has 0 aliphatic rings. The molecule has 2 rings (SSSR count). The first-order chi connectivity index (χ1) is 8.16. The summed E-state index contributed by atoms with van der Waals surface area (Å²) < 4.78 is 5.04. The maximum atomic E-state index is 11.8. The van der Waals surface area contributed by atoms with Crippen LogP contribution in [-0.2, 0) is 0 Å². The molecular formula is C14H15NO2. The van der Waals surface area contributed by atoms with Gasteiger partial charge in [0.05, 0.1) is 12.3 Å². The van der Waals surface area contributed by atoms with Crippen LogP contribution in [-0.4, -0.2) is 5.91 Å². The zero-order valence-electron chi connectivity index (χ0n) is 9.94. The van der Waals surface area contributed by atoms with Gasteiger partial charge in [0.1, 0.15) is 0 Å². The minimum absolute atomic E-state index is 0.0341. The highest BCUT2D eigenvalue weighted by atomic mass is 16.3. The maximum absolute atomic E-state index is 11.8. The molecule has 0 spiro atoms. The van der Waals surface area contributed by atoms with E-state index >= 15 is 0 Å². The first-order valence-electron chi connectivity index (χ1n) is 5.58. The van der Waals surface area contributed by atoms with Crippen LogP contribution in [0, 0.1) is 6.92 Å². The first-order valence-corrected chi connectivity index (χ1v) is 5.58. The summed E-state index contributed by atoms with van der Waals surface area (Å²) in [5.41, 5.74) is 2.29. The largest absolute Gasteiger partial charge is 0.459 e. The van der Waals surface area contributed by atoms with Crippen molar-refractivity contribution in [2.45, 2.75) is 19.9 Å². The van der Waals surface area contributed by atoms with Crippen molar-refractivity contribution in [1.29, 1.82) is 0 Å². The lowest BCUT2D eigenvalue weighted by Gasteiger charge is -2.13. The molecule has 17 heavy (non-hydrogen) atoms. The van der Waals surface area contributed by atoms with E-state index in [0.717, 1.165) is 5.56 Å². The van der Waals surface area contributed by atoms with Crippen LogP contribution in [0.2, 0.25) is 0 Å². The minimum Gasteiger partial charge on any atom is -0.459 e. The second-order valence-corrected chi connectivity index (χ2v) is 4.08. The Kier molecular flexibility index (Phi) is 3.28. The molecular weight excluding hydrogens is 214 g/mol. The van der Waals surface area contributed by atoms with E-state index in [1.54, 1.807) is 12.1 Å². The topological polar surface area (TPSA) is 42.2 Å². The SMILES string of the molecule is Cc1ccc([C@@H](C)NC(=O)c2ccco2)cc1. The van der Waals surface area contributed by atoms with Crippen molar-refractivity contribution in [2.75, 3.05) is 0 Å². The van der Waals surface area contributed by atoms with Gasteiger partial charge in [-0.25, -0.2) is 0 Å². The van der Waals surface area contributed by atoms with Crippen molar-refractivity contribution >= 4 is 5.91 Å². The van der Waals surface area contributed by atoms with E-state index in [1.165, 1.54) is 11.8 Å². The Morgan fingerprint density at radius 2 is 1.94 bits per heavy atom. The Hall–Kier alpha value is -2.03. The Balaban J connectivity index is 2.04. The smallest absolute Gasteiger partial charge is 0.287 e. The van der Waals surface area contributed by atoms with Crippen LogP contribution in [0.4, 0.5) is 0 Å². The molecule has 0 aliphatic heterocycles. The highest BCUT2D eigenvalue weighted by Gasteiger charge is 2.12. The lowest BCUT2D eigenvalue weighted by Crippen LogP contribution is -2.26. The molecule has 88 valence electrons. The van der Waals surface area contributed by atoms with Crippen molar-refractivity contribution in [3.05, 3.63) is 59.5 Å². The molecule has 0 saturated carbocycles. The third kappa shape index (κ3) is 2.75. The van der Waals surface area contributed by atoms with Gasteiger partial charge in [0.2, 0.25) is 0 Å². The molecule has 0 bridgehead atoms. The molecule has 1 aromatic carbocycles. The fourth-order valence-corrected chi connectivity index (χ4v) is 1.61. The lowest BCUT2D eigenvalue weighted by molar-refractivity contribution is 0.0912. The summed E-state index contributed by atoms with van der Waals surface area (Å²) in [5.74, 6) is 0.145. The summed E-state index contributed by atoms with van der Waals surface area (Å²) in [6.45, 7) is 3.99. The van der Waals surface area contributed by atoms with Crippen LogP contribution < -0.4 is 5.32 Å². The second kappa shape index (κ2) is 4.87. The molecule has 1 aromatic heterocycles. The van der Waals surface area contributed by atoms with Crippen LogP contribution in [0.5, 0.6) is 0 Å². The molecule has 2 aromatic rings. The number of carbonyl (C=O) groups is 1. The molecule has 1 atom stereocenters. The molecule has 3 nitrogen and oxygen atoms in total. The lowest BCUT2D eigenvalue weighted by atomic mass is 10.1. The van der Waals surface area contributed by atoms with E-state index in [-0.39, 0.29) is 11.9 Å². The monoisotopic (exact) mass is 229 g/mol. The van der Waals surface area contributed by atoms with Crippen LogP contribution in [0.3, 0.4) is 0 Å². The standard InChI is InChI=1S/C14H15NO2/c1-10-5-7-12(8-6-10)11(2)15-14(16)13-4-3-9-17-13/h3-9,11H,1-2H3,(H,15,16)/t11-/m1/s1. The van der Waals surface area contributed by atoms with E-state index in [4.69, 9.17) is 4.42 Å². The number of hydrogen-bond donors (Lipinski definition) is 1. The Morgan fingerprint density at radius 1 is 1.24 bits per heavy atom. The molecule has 3 heteroatoms. The van der Waals surface area contributed by atoms with Crippen LogP contribution in [0.25, 0.3) is 0 Å². The van der Waals surface area contributed by atoms with Gasteiger partial charge in [-0.15, -0.1) is 0 Å². The van der Waals surface area contributed by atoms with Crippen molar-refractivity contribution < 1.29 is 9.21 Å². The van der Waals surface area contributed by atoms with Crippen LogP contribution in [0.15, 0.2) is 47.1 Å². The van der Waals surface area contributed by atoms with Gasteiger partial charge in [-0.3, -0.25) is 4.79 Å². The summed E-state index contributed by atoms with van der Waals surface area (Å²) in [5, 5.41) is 2.89. The number of amides is 1. The zero-order valence-corrected chi connectivity index (χ0v) is 9.94. The van der Waals surface area contributed by atoms with E-state index in [1.807, 2.05) is 38.1 Å². The third-order valence-electron chi connectivity index (χ3n) is 2.67. The quantitative estimate of drug-likeness (QED) is 0.878. The van der Waals surface area contributed by atoms with Gasteiger partial charge in [0.15, 0.2) is 5.76 Å². The van der Waals surface area contributed by atoms with Crippen molar-refractivity contribution in [1.82, 2.24) is 5.32 Å². The molecule has 1 heterocycles. The van der Waals surface area contributed by atoms with Crippen molar-refractivity contribution in [3.8, 4) is 0 Å². The summed E-state index contributed by atoms with van der Waals surface area (Å²) in [6, 6.07) is 11.4. The molecule has 0 fully saturated rings. The van der Waals surface area contributed by atoms with Gasteiger partial charge in [-0.2, -0.15) is 0 Å². The number of hydrogen-bond acceptors (Lipinski definition) is 2. The summed E-state index contributed by atoms with van der Waals surface area (Å²) in [6.07, 6.45) is 1.49. The molecule has 0 aliphatic carbocycles. The van der Waals surface area contributed by atoms with Gasteiger partial charge >= 0.3 is 0 Å². The maximum Gasteiger partial charge on any atom is 0.287 e. The summed E-state index contributed by atoms with van der Waals surface area (Å²) >= 11 is 0. The first kappa shape index (κ1) is 11.5. The predicted octanol–water partition coefficient (Wildman–Crippen LogP) is 3.08. The van der Waals surface area contributed by atoms with Gasteiger partial charge in [0.25, 0.3) is 5.91 Å². The highest BCUT2D eigenvalue weighted by molar-refractivity contribution is 5.91. The Labute approximate surface area is 100 Å². The van der Waals surface area contributed by atoms with Crippen LogP contribution >= 0.6 is 0 Å². The van der Waals surface area contributed by atoms with E-state index in [0.29, 0.717) is 5.76 Å². The number of rotatable bonds is 3.